The summed E-state index contributed by atoms with van der Waals surface area (Å²) in [6, 6.07) is 10.5. The zero-order valence-corrected chi connectivity index (χ0v) is 10.9. The van der Waals surface area contributed by atoms with Crippen LogP contribution in [0.4, 0.5) is 0 Å². The first-order valence-corrected chi connectivity index (χ1v) is 6.38. The van der Waals surface area contributed by atoms with E-state index >= 15 is 0 Å². The van der Waals surface area contributed by atoms with Crippen molar-refractivity contribution in [2.45, 2.75) is 26.5 Å². The third-order valence-corrected chi connectivity index (χ3v) is 2.82. The van der Waals surface area contributed by atoms with E-state index in [0.717, 1.165) is 26.2 Å². The van der Waals surface area contributed by atoms with Crippen LogP contribution in [-0.2, 0) is 11.3 Å². The van der Waals surface area contributed by atoms with E-state index in [9.17, 15) is 0 Å². The Hall–Kier alpha value is -0.900. The monoisotopic (exact) mass is 236 g/mol. The summed E-state index contributed by atoms with van der Waals surface area (Å²) in [6.07, 6.45) is 0.142. The van der Waals surface area contributed by atoms with Gasteiger partial charge in [-0.15, -0.1) is 0 Å². The molecule has 0 radical (unpaired) electrons. The molecular weight excluding hydrogens is 212 g/mol. The number of benzene rings is 1. The smallest absolute Gasteiger partial charge is 0.0823 e. The van der Waals surface area contributed by atoms with Gasteiger partial charge in [0.05, 0.1) is 6.10 Å². The zero-order chi connectivity index (χ0) is 12.5. The third-order valence-electron chi connectivity index (χ3n) is 2.82. The van der Waals surface area contributed by atoms with E-state index in [1.54, 1.807) is 0 Å². The van der Waals surface area contributed by atoms with E-state index in [4.69, 9.17) is 10.5 Å². The molecule has 1 aromatic carbocycles. The Balaban J connectivity index is 2.48. The molecule has 1 rings (SSSR count). The number of ether oxygens (including phenoxy) is 1. The number of hydrogen-bond donors (Lipinski definition) is 1. The van der Waals surface area contributed by atoms with E-state index in [1.807, 2.05) is 13.0 Å². The minimum Gasteiger partial charge on any atom is -0.376 e. The summed E-state index contributed by atoms with van der Waals surface area (Å²) in [5.41, 5.74) is 7.04. The van der Waals surface area contributed by atoms with Gasteiger partial charge in [-0.25, -0.2) is 0 Å². The van der Waals surface area contributed by atoms with Gasteiger partial charge < -0.3 is 10.5 Å². The SMILES string of the molecule is CCOC(CN)CN(CC)Cc1ccccc1. The van der Waals surface area contributed by atoms with Gasteiger partial charge in [-0.2, -0.15) is 0 Å². The van der Waals surface area contributed by atoms with Gasteiger partial charge >= 0.3 is 0 Å². The van der Waals surface area contributed by atoms with Crippen molar-refractivity contribution in [3.05, 3.63) is 35.9 Å². The average molecular weight is 236 g/mol. The second kappa shape index (κ2) is 8.23. The topological polar surface area (TPSA) is 38.5 Å². The molecule has 2 N–H and O–H groups in total. The van der Waals surface area contributed by atoms with E-state index in [0.29, 0.717) is 6.54 Å². The van der Waals surface area contributed by atoms with Crippen LogP contribution < -0.4 is 5.73 Å². The Morgan fingerprint density at radius 1 is 1.24 bits per heavy atom. The molecule has 3 heteroatoms. The van der Waals surface area contributed by atoms with E-state index in [1.165, 1.54) is 5.56 Å². The molecule has 17 heavy (non-hydrogen) atoms. The lowest BCUT2D eigenvalue weighted by molar-refractivity contribution is 0.0385. The lowest BCUT2D eigenvalue weighted by Crippen LogP contribution is -2.38. The highest BCUT2D eigenvalue weighted by atomic mass is 16.5. The number of hydrogen-bond acceptors (Lipinski definition) is 3. The fraction of sp³-hybridized carbons (Fsp3) is 0.571. The zero-order valence-electron chi connectivity index (χ0n) is 10.9. The summed E-state index contributed by atoms with van der Waals surface area (Å²) < 4.78 is 5.59. The van der Waals surface area contributed by atoms with Crippen LogP contribution in [0.5, 0.6) is 0 Å². The summed E-state index contributed by atoms with van der Waals surface area (Å²) in [5, 5.41) is 0. The van der Waals surface area contributed by atoms with Crippen molar-refractivity contribution in [2.24, 2.45) is 5.73 Å². The van der Waals surface area contributed by atoms with Crippen LogP contribution in [0.25, 0.3) is 0 Å². The van der Waals surface area contributed by atoms with Crippen LogP contribution in [0.15, 0.2) is 30.3 Å². The molecule has 0 heterocycles. The van der Waals surface area contributed by atoms with Crippen LogP contribution in [0, 0.1) is 0 Å². The lowest BCUT2D eigenvalue weighted by atomic mass is 10.2. The van der Waals surface area contributed by atoms with Gasteiger partial charge in [-0.3, -0.25) is 4.90 Å². The van der Waals surface area contributed by atoms with Gasteiger partial charge in [0.15, 0.2) is 0 Å². The Labute approximate surface area is 105 Å². The van der Waals surface area contributed by atoms with Gasteiger partial charge in [0, 0.05) is 26.2 Å². The molecule has 0 bridgehead atoms. The molecule has 3 nitrogen and oxygen atoms in total. The lowest BCUT2D eigenvalue weighted by Gasteiger charge is -2.25. The first kappa shape index (κ1) is 14.2. The van der Waals surface area contributed by atoms with Crippen molar-refractivity contribution in [2.75, 3.05) is 26.2 Å². The molecule has 0 aliphatic heterocycles. The van der Waals surface area contributed by atoms with E-state index < -0.39 is 0 Å². The van der Waals surface area contributed by atoms with Gasteiger partial charge in [0.1, 0.15) is 0 Å². The Bertz CT molecular complexity index is 290. The Morgan fingerprint density at radius 2 is 1.94 bits per heavy atom. The fourth-order valence-corrected chi connectivity index (χ4v) is 1.87. The average Bonchev–Trinajstić information content (AvgIpc) is 2.38. The summed E-state index contributed by atoms with van der Waals surface area (Å²) in [7, 11) is 0. The number of likely N-dealkylation sites (N-methyl/N-ethyl adjacent to an activating group) is 1. The van der Waals surface area contributed by atoms with E-state index in [-0.39, 0.29) is 6.10 Å². The van der Waals surface area contributed by atoms with Crippen LogP contribution in [0.1, 0.15) is 19.4 Å². The van der Waals surface area contributed by atoms with Crippen molar-refractivity contribution < 1.29 is 4.74 Å². The highest BCUT2D eigenvalue weighted by Gasteiger charge is 2.11. The maximum Gasteiger partial charge on any atom is 0.0823 e. The first-order chi connectivity index (χ1) is 8.30. The third kappa shape index (κ3) is 5.31. The van der Waals surface area contributed by atoms with E-state index in [2.05, 4.69) is 36.1 Å². The normalized spacial score (nSPS) is 12.9. The van der Waals surface area contributed by atoms with Crippen molar-refractivity contribution in [1.82, 2.24) is 4.90 Å². The van der Waals surface area contributed by atoms with Gasteiger partial charge in [-0.05, 0) is 19.0 Å². The molecule has 0 aliphatic rings. The standard InChI is InChI=1S/C14H24N2O/c1-3-16(12-14(10-15)17-4-2)11-13-8-6-5-7-9-13/h5-9,14H,3-4,10-12,15H2,1-2H3. The van der Waals surface area contributed by atoms with Gasteiger partial charge in [-0.1, -0.05) is 37.3 Å². The predicted octanol–water partition coefficient (Wildman–Crippen LogP) is 1.87. The maximum absolute atomic E-state index is 5.70. The predicted molar refractivity (Wildman–Crippen MR) is 71.9 cm³/mol. The van der Waals surface area contributed by atoms with Crippen molar-refractivity contribution in [1.29, 1.82) is 0 Å². The molecule has 0 spiro atoms. The highest BCUT2D eigenvalue weighted by Crippen LogP contribution is 2.05. The second-order valence-electron chi connectivity index (χ2n) is 4.13. The molecule has 96 valence electrons. The molecule has 0 fully saturated rings. The summed E-state index contributed by atoms with van der Waals surface area (Å²) in [6.45, 7) is 8.36. The van der Waals surface area contributed by atoms with Crippen molar-refractivity contribution in [3.63, 3.8) is 0 Å². The van der Waals surface area contributed by atoms with Crippen molar-refractivity contribution in [3.8, 4) is 0 Å². The molecule has 1 aromatic rings. The minimum atomic E-state index is 0.142. The maximum atomic E-state index is 5.70. The van der Waals surface area contributed by atoms with Gasteiger partial charge in [0.2, 0.25) is 0 Å². The Morgan fingerprint density at radius 3 is 2.47 bits per heavy atom. The van der Waals surface area contributed by atoms with Crippen LogP contribution in [0.3, 0.4) is 0 Å². The molecule has 0 aromatic heterocycles. The summed E-state index contributed by atoms with van der Waals surface area (Å²) >= 11 is 0. The minimum absolute atomic E-state index is 0.142. The summed E-state index contributed by atoms with van der Waals surface area (Å²) in [4.78, 5) is 2.36. The number of nitrogens with zero attached hydrogens (tertiary/aromatic N) is 1. The Kier molecular flexibility index (Phi) is 6.86. The highest BCUT2D eigenvalue weighted by molar-refractivity contribution is 5.14. The summed E-state index contributed by atoms with van der Waals surface area (Å²) in [5.74, 6) is 0. The first-order valence-electron chi connectivity index (χ1n) is 6.38. The van der Waals surface area contributed by atoms with Crippen LogP contribution >= 0.6 is 0 Å². The van der Waals surface area contributed by atoms with Crippen LogP contribution in [-0.4, -0.2) is 37.2 Å². The van der Waals surface area contributed by atoms with Crippen LogP contribution in [0.2, 0.25) is 0 Å². The molecule has 0 saturated carbocycles. The van der Waals surface area contributed by atoms with Crippen molar-refractivity contribution >= 4 is 0 Å². The van der Waals surface area contributed by atoms with Gasteiger partial charge in [0.25, 0.3) is 0 Å². The molecule has 1 atom stereocenters. The molecule has 0 saturated heterocycles. The molecular formula is C14H24N2O. The molecule has 1 unspecified atom stereocenters. The number of nitrogens with two attached hydrogens (primary N) is 1. The quantitative estimate of drug-likeness (QED) is 0.749. The second-order valence-corrected chi connectivity index (χ2v) is 4.13. The number of rotatable bonds is 8. The molecule has 0 aliphatic carbocycles. The largest absolute Gasteiger partial charge is 0.376 e. The fourth-order valence-electron chi connectivity index (χ4n) is 1.87. The molecule has 0 amide bonds.